The third-order valence-corrected chi connectivity index (χ3v) is 5.53. The Balaban J connectivity index is 3.61. The second-order valence-corrected chi connectivity index (χ2v) is 6.83. The van der Waals surface area contributed by atoms with Gasteiger partial charge in [-0.05, 0) is 20.4 Å². The Bertz CT molecular complexity index is 715. The van der Waals surface area contributed by atoms with E-state index < -0.39 is 60.9 Å². The van der Waals surface area contributed by atoms with Gasteiger partial charge < -0.3 is 5.32 Å². The number of carbonyl (C=O) groups excluding carboxylic acids is 1. The van der Waals surface area contributed by atoms with Crippen LogP contribution in [-0.2, 0) is 14.6 Å². The van der Waals surface area contributed by atoms with Crippen molar-refractivity contribution < 1.29 is 35.2 Å². The van der Waals surface area contributed by atoms with E-state index in [0.717, 1.165) is 6.92 Å². The van der Waals surface area contributed by atoms with E-state index in [2.05, 4.69) is 5.32 Å². The lowest BCUT2D eigenvalue weighted by molar-refractivity contribution is -0.122. The second kappa shape index (κ2) is 6.52. The van der Waals surface area contributed by atoms with Gasteiger partial charge in [0.15, 0.2) is 38.9 Å². The average Bonchev–Trinajstić information content (AvgIpc) is 2.48. The van der Waals surface area contributed by atoms with Gasteiger partial charge in [0, 0.05) is 0 Å². The lowest BCUT2D eigenvalue weighted by Crippen LogP contribution is -2.54. The fourth-order valence-electron chi connectivity index (χ4n) is 2.13. The molecule has 1 rings (SSSR count). The van der Waals surface area contributed by atoms with Gasteiger partial charge in [-0.1, -0.05) is 6.92 Å². The summed E-state index contributed by atoms with van der Waals surface area (Å²) in [6, 6.07) is 0. The summed E-state index contributed by atoms with van der Waals surface area (Å²) >= 11 is 0. The normalized spacial score (nSPS) is 14.6. The van der Waals surface area contributed by atoms with Crippen molar-refractivity contribution in [3.05, 3.63) is 29.1 Å². The molecular weight excluding hydrogens is 345 g/mol. The molecule has 1 aromatic carbocycles. The molecule has 0 radical (unpaired) electrons. The Morgan fingerprint density at radius 2 is 1.39 bits per heavy atom. The number of hydrogen-bond acceptors (Lipinski definition) is 4. The number of carbonyl (C=O) groups is 1. The molecule has 0 amide bonds. The van der Waals surface area contributed by atoms with E-state index in [9.17, 15) is 35.2 Å². The summed E-state index contributed by atoms with van der Waals surface area (Å²) < 4.78 is 91.1. The number of hydrogen-bond donors (Lipinski definition) is 1. The summed E-state index contributed by atoms with van der Waals surface area (Å²) in [5.41, 5.74) is -1.71. The van der Waals surface area contributed by atoms with Crippen LogP contribution in [0.1, 0.15) is 20.3 Å². The Labute approximate surface area is 129 Å². The highest BCUT2D eigenvalue weighted by atomic mass is 32.2. The molecule has 1 unspecified atom stereocenters. The molecule has 0 aromatic heterocycles. The van der Waals surface area contributed by atoms with Gasteiger partial charge in [0.2, 0.25) is 5.82 Å². The summed E-state index contributed by atoms with van der Waals surface area (Å²) in [5, 5.41) is 2.43. The molecule has 0 aliphatic heterocycles. The van der Waals surface area contributed by atoms with Crippen molar-refractivity contribution in [2.75, 3.05) is 12.8 Å². The molecule has 0 aliphatic rings. The number of Topliss-reactive ketones (excluding diaryl/α,β-unsaturated/α-hetero) is 1. The maximum absolute atomic E-state index is 13.7. The summed E-state index contributed by atoms with van der Waals surface area (Å²) in [4.78, 5) is 9.73. The number of ketones is 1. The van der Waals surface area contributed by atoms with Gasteiger partial charge in [-0.25, -0.2) is 30.4 Å². The molecule has 0 spiro atoms. The Kier molecular flexibility index (Phi) is 5.53. The van der Waals surface area contributed by atoms with Gasteiger partial charge in [0.25, 0.3) is 0 Å². The predicted octanol–water partition coefficient (Wildman–Crippen LogP) is 2.11. The zero-order valence-electron chi connectivity index (χ0n) is 12.4. The Hall–Kier alpha value is -1.55. The summed E-state index contributed by atoms with van der Waals surface area (Å²) in [7, 11) is -3.74. The molecule has 0 bridgehead atoms. The van der Waals surface area contributed by atoms with Crippen molar-refractivity contribution in [2.45, 2.75) is 30.7 Å². The molecule has 10 heteroatoms. The first-order valence-corrected chi connectivity index (χ1v) is 8.04. The minimum Gasteiger partial charge on any atom is -0.307 e. The molecule has 0 fully saturated rings. The minimum atomic E-state index is -4.99. The summed E-state index contributed by atoms with van der Waals surface area (Å²) in [6.45, 7) is 2.49. The molecule has 1 aromatic rings. The lowest BCUT2D eigenvalue weighted by atomic mass is 9.94. The number of benzene rings is 1. The summed E-state index contributed by atoms with van der Waals surface area (Å²) in [6.07, 6.45) is -0.0759. The van der Waals surface area contributed by atoms with E-state index in [-0.39, 0.29) is 6.42 Å². The van der Waals surface area contributed by atoms with Gasteiger partial charge in [-0.2, -0.15) is 0 Å². The van der Waals surface area contributed by atoms with Crippen molar-refractivity contribution in [1.82, 2.24) is 5.32 Å². The fraction of sp³-hybridized carbons (Fsp3) is 0.462. The molecule has 1 atom stereocenters. The van der Waals surface area contributed by atoms with E-state index in [1.165, 1.54) is 14.0 Å². The highest BCUT2D eigenvalue weighted by molar-refractivity contribution is 7.91. The number of rotatable bonds is 6. The van der Waals surface area contributed by atoms with Crippen molar-refractivity contribution >= 4 is 15.6 Å². The van der Waals surface area contributed by atoms with Crippen LogP contribution in [-0.4, -0.2) is 32.5 Å². The van der Waals surface area contributed by atoms with Gasteiger partial charge in [0.05, 0.1) is 11.3 Å². The second-order valence-electron chi connectivity index (χ2n) is 4.90. The third-order valence-electron chi connectivity index (χ3n) is 3.67. The Morgan fingerprint density at radius 1 is 1.00 bits per heavy atom. The van der Waals surface area contributed by atoms with Crippen molar-refractivity contribution in [1.29, 1.82) is 0 Å². The van der Waals surface area contributed by atoms with E-state index in [0.29, 0.717) is 0 Å². The van der Waals surface area contributed by atoms with E-state index in [4.69, 9.17) is 0 Å². The number of nitrogens with one attached hydrogen (secondary N) is 1. The van der Waals surface area contributed by atoms with E-state index in [1.807, 2.05) is 0 Å². The first kappa shape index (κ1) is 19.5. The number of likely N-dealkylation sites (N-methyl/N-ethyl adjacent to an activating group) is 1. The quantitative estimate of drug-likeness (QED) is 0.366. The number of halogens is 5. The lowest BCUT2D eigenvalue weighted by Gasteiger charge is -2.29. The van der Waals surface area contributed by atoms with Crippen LogP contribution in [0, 0.1) is 29.1 Å². The molecule has 0 aliphatic carbocycles. The van der Waals surface area contributed by atoms with Gasteiger partial charge in [-0.15, -0.1) is 0 Å². The van der Waals surface area contributed by atoms with Crippen LogP contribution in [0.2, 0.25) is 0 Å². The molecular formula is C13H14F5NO3S. The van der Waals surface area contributed by atoms with Crippen LogP contribution in [0.25, 0.3) is 0 Å². The van der Waals surface area contributed by atoms with Crippen LogP contribution in [0.4, 0.5) is 22.0 Å². The van der Waals surface area contributed by atoms with Crippen LogP contribution in [0.3, 0.4) is 0 Å². The highest BCUT2D eigenvalue weighted by Gasteiger charge is 2.41. The number of sulfone groups is 1. The predicted molar refractivity (Wildman–Crippen MR) is 71.0 cm³/mol. The zero-order valence-corrected chi connectivity index (χ0v) is 13.3. The maximum atomic E-state index is 13.7. The average molecular weight is 359 g/mol. The first-order valence-electron chi connectivity index (χ1n) is 6.39. The van der Waals surface area contributed by atoms with Gasteiger partial charge >= 0.3 is 0 Å². The van der Waals surface area contributed by atoms with Crippen LogP contribution < -0.4 is 5.32 Å². The van der Waals surface area contributed by atoms with Crippen LogP contribution in [0.15, 0.2) is 4.90 Å². The van der Waals surface area contributed by atoms with Crippen molar-refractivity contribution in [3.63, 3.8) is 0 Å². The van der Waals surface area contributed by atoms with Crippen LogP contribution in [0.5, 0.6) is 0 Å². The standard InChI is InChI=1S/C13H14F5NO3S/c1-4-13(19-3,6(2)20)5-23(21,22)12-10(17)8(15)7(14)9(16)11(12)18/h19H,4-5H2,1-3H3. The molecule has 0 saturated carbocycles. The van der Waals surface area contributed by atoms with Crippen molar-refractivity contribution in [3.8, 4) is 0 Å². The smallest absolute Gasteiger partial charge is 0.200 e. The molecule has 1 N–H and O–H groups in total. The topological polar surface area (TPSA) is 63.2 Å². The molecule has 0 heterocycles. The zero-order chi connectivity index (χ0) is 18.2. The largest absolute Gasteiger partial charge is 0.307 e. The third kappa shape index (κ3) is 3.23. The summed E-state index contributed by atoms with van der Waals surface area (Å²) in [5.74, 6) is -13.9. The van der Waals surface area contributed by atoms with Gasteiger partial charge in [-0.3, -0.25) is 4.79 Å². The SMILES string of the molecule is CCC(CS(=O)(=O)c1c(F)c(F)c(F)c(F)c1F)(NC)C(C)=O. The first-order chi connectivity index (χ1) is 10.4. The molecule has 4 nitrogen and oxygen atoms in total. The van der Waals surface area contributed by atoms with Crippen molar-refractivity contribution in [2.24, 2.45) is 0 Å². The maximum Gasteiger partial charge on any atom is 0.200 e. The molecule has 23 heavy (non-hydrogen) atoms. The Morgan fingerprint density at radius 3 is 1.70 bits per heavy atom. The van der Waals surface area contributed by atoms with Crippen LogP contribution >= 0.6 is 0 Å². The van der Waals surface area contributed by atoms with Gasteiger partial charge in [0.1, 0.15) is 4.90 Å². The molecule has 130 valence electrons. The van der Waals surface area contributed by atoms with E-state index in [1.54, 1.807) is 0 Å². The highest BCUT2D eigenvalue weighted by Crippen LogP contribution is 2.29. The minimum absolute atomic E-state index is 0.0759. The monoisotopic (exact) mass is 359 g/mol. The fourth-order valence-corrected chi connectivity index (χ4v) is 4.20. The molecule has 0 saturated heterocycles. The van der Waals surface area contributed by atoms with E-state index >= 15 is 0 Å².